The molecule has 0 bridgehead atoms. The lowest BCUT2D eigenvalue weighted by molar-refractivity contribution is -0.108. The molecule has 4 nitrogen and oxygen atoms in total. The number of nitrogens with zero attached hydrogens (tertiary/aromatic N) is 2. The first kappa shape index (κ1) is 9.64. The average Bonchev–Trinajstić information content (AvgIpc) is 2.02. The number of hydrogen-bond donors (Lipinski definition) is 0. The summed E-state index contributed by atoms with van der Waals surface area (Å²) in [7, 11) is 0. The van der Waals surface area contributed by atoms with Crippen LogP contribution in [0.2, 0.25) is 0 Å². The molecule has 0 N–H and O–H groups in total. The van der Waals surface area contributed by atoms with Crippen LogP contribution in [-0.4, -0.2) is 15.8 Å². The fraction of sp³-hybridized carbons (Fsp3) is 0.444. The van der Waals surface area contributed by atoms with E-state index in [0.717, 1.165) is 6.29 Å². The van der Waals surface area contributed by atoms with Crippen molar-refractivity contribution in [2.45, 2.75) is 26.8 Å². The third-order valence-electron chi connectivity index (χ3n) is 1.80. The molecule has 0 spiro atoms. The number of aryl methyl sites for hydroxylation is 2. The van der Waals surface area contributed by atoms with Crippen LogP contribution >= 0.6 is 0 Å². The van der Waals surface area contributed by atoms with Crippen LogP contribution in [0.25, 0.3) is 0 Å². The van der Waals surface area contributed by atoms with Gasteiger partial charge in [-0.25, -0.2) is 4.98 Å². The van der Waals surface area contributed by atoms with Crippen molar-refractivity contribution in [3.8, 4) is 0 Å². The maximum Gasteiger partial charge on any atom is 0.253 e. The van der Waals surface area contributed by atoms with Crippen molar-refractivity contribution in [3.05, 3.63) is 27.9 Å². The Kier molecular flexibility index (Phi) is 2.95. The number of aromatic nitrogens is 2. The van der Waals surface area contributed by atoms with E-state index in [9.17, 15) is 9.59 Å². The van der Waals surface area contributed by atoms with Crippen LogP contribution in [0.15, 0.2) is 10.9 Å². The molecule has 0 aliphatic rings. The SMILES string of the molecule is Cc1cc(=O)n(CCC=O)c(C)n1. The van der Waals surface area contributed by atoms with Crippen molar-refractivity contribution in [2.24, 2.45) is 0 Å². The fourth-order valence-corrected chi connectivity index (χ4v) is 1.22. The second-order valence-corrected chi connectivity index (χ2v) is 2.89. The summed E-state index contributed by atoms with van der Waals surface area (Å²) in [5.41, 5.74) is 0.622. The van der Waals surface area contributed by atoms with Gasteiger partial charge in [-0.1, -0.05) is 0 Å². The van der Waals surface area contributed by atoms with Crippen LogP contribution in [0.5, 0.6) is 0 Å². The van der Waals surface area contributed by atoms with E-state index in [2.05, 4.69) is 4.98 Å². The normalized spacial score (nSPS) is 10.0. The molecule has 0 saturated carbocycles. The molecule has 0 aliphatic carbocycles. The lowest BCUT2D eigenvalue weighted by Gasteiger charge is -2.06. The summed E-state index contributed by atoms with van der Waals surface area (Å²) in [5, 5.41) is 0. The quantitative estimate of drug-likeness (QED) is 0.634. The van der Waals surface area contributed by atoms with Crippen LogP contribution in [-0.2, 0) is 11.3 Å². The standard InChI is InChI=1S/C9H12N2O2/c1-7-6-9(13)11(4-3-5-12)8(2)10-7/h5-6H,3-4H2,1-2H3. The molecule has 0 aliphatic heterocycles. The summed E-state index contributed by atoms with van der Waals surface area (Å²) in [6, 6.07) is 1.47. The average molecular weight is 180 g/mol. The molecule has 0 fully saturated rings. The Hall–Kier alpha value is -1.45. The molecular formula is C9H12N2O2. The maximum atomic E-state index is 11.4. The van der Waals surface area contributed by atoms with Crippen molar-refractivity contribution in [3.63, 3.8) is 0 Å². The van der Waals surface area contributed by atoms with E-state index in [4.69, 9.17) is 0 Å². The molecule has 1 aromatic rings. The monoisotopic (exact) mass is 180 g/mol. The van der Waals surface area contributed by atoms with Gasteiger partial charge >= 0.3 is 0 Å². The molecular weight excluding hydrogens is 168 g/mol. The van der Waals surface area contributed by atoms with Crippen LogP contribution in [0.3, 0.4) is 0 Å². The lowest BCUT2D eigenvalue weighted by Crippen LogP contribution is -2.23. The zero-order valence-electron chi connectivity index (χ0n) is 7.78. The summed E-state index contributed by atoms with van der Waals surface area (Å²) in [6.07, 6.45) is 1.15. The predicted molar refractivity (Wildman–Crippen MR) is 48.7 cm³/mol. The highest BCUT2D eigenvalue weighted by Crippen LogP contribution is 1.93. The first-order valence-corrected chi connectivity index (χ1v) is 4.14. The second kappa shape index (κ2) is 3.98. The molecule has 0 unspecified atom stereocenters. The van der Waals surface area contributed by atoms with Gasteiger partial charge in [0.05, 0.1) is 0 Å². The van der Waals surface area contributed by atoms with Crippen LogP contribution in [0.4, 0.5) is 0 Å². The molecule has 0 aromatic carbocycles. The number of aldehydes is 1. The van der Waals surface area contributed by atoms with E-state index >= 15 is 0 Å². The predicted octanol–water partition coefficient (Wildman–Crippen LogP) is 0.449. The number of carbonyl (C=O) groups is 1. The Morgan fingerprint density at radius 3 is 2.77 bits per heavy atom. The molecule has 4 heteroatoms. The third kappa shape index (κ3) is 2.24. The minimum Gasteiger partial charge on any atom is -0.303 e. The molecule has 1 rings (SSSR count). The Labute approximate surface area is 76.2 Å². The van der Waals surface area contributed by atoms with Gasteiger partial charge in [-0.2, -0.15) is 0 Å². The summed E-state index contributed by atoms with van der Waals surface area (Å²) >= 11 is 0. The van der Waals surface area contributed by atoms with E-state index in [1.54, 1.807) is 13.8 Å². The summed E-state index contributed by atoms with van der Waals surface area (Å²) in [4.78, 5) is 25.6. The molecule has 0 radical (unpaired) electrons. The summed E-state index contributed by atoms with van der Waals surface area (Å²) in [6.45, 7) is 3.96. The number of hydrogen-bond acceptors (Lipinski definition) is 3. The van der Waals surface area contributed by atoms with Gasteiger partial charge in [0.1, 0.15) is 12.1 Å². The van der Waals surface area contributed by atoms with E-state index < -0.39 is 0 Å². The fourth-order valence-electron chi connectivity index (χ4n) is 1.22. The minimum atomic E-state index is -0.0909. The van der Waals surface area contributed by atoms with Gasteiger partial charge in [0.25, 0.3) is 5.56 Å². The molecule has 70 valence electrons. The van der Waals surface area contributed by atoms with Gasteiger partial charge in [-0.15, -0.1) is 0 Å². The smallest absolute Gasteiger partial charge is 0.253 e. The Bertz CT molecular complexity index is 368. The molecule has 1 aromatic heterocycles. The first-order chi connectivity index (χ1) is 6.15. The topological polar surface area (TPSA) is 52.0 Å². The largest absolute Gasteiger partial charge is 0.303 e. The van der Waals surface area contributed by atoms with E-state index in [1.165, 1.54) is 10.6 Å². The Morgan fingerprint density at radius 2 is 2.23 bits per heavy atom. The minimum absolute atomic E-state index is 0.0909. The molecule has 1 heterocycles. The van der Waals surface area contributed by atoms with Crippen molar-refractivity contribution in [1.29, 1.82) is 0 Å². The Balaban J connectivity index is 3.06. The van der Waals surface area contributed by atoms with Crippen molar-refractivity contribution >= 4 is 6.29 Å². The van der Waals surface area contributed by atoms with Crippen molar-refractivity contribution in [2.75, 3.05) is 0 Å². The highest BCUT2D eigenvalue weighted by Gasteiger charge is 2.01. The summed E-state index contributed by atoms with van der Waals surface area (Å²) in [5.74, 6) is 0.659. The van der Waals surface area contributed by atoms with Crippen molar-refractivity contribution in [1.82, 2.24) is 9.55 Å². The zero-order valence-corrected chi connectivity index (χ0v) is 7.78. The van der Waals surface area contributed by atoms with Gasteiger partial charge in [-0.3, -0.25) is 9.36 Å². The zero-order chi connectivity index (χ0) is 9.84. The number of carbonyl (C=O) groups excluding carboxylic acids is 1. The third-order valence-corrected chi connectivity index (χ3v) is 1.80. The molecule has 0 atom stereocenters. The van der Waals surface area contributed by atoms with Crippen LogP contribution < -0.4 is 5.56 Å². The van der Waals surface area contributed by atoms with E-state index in [-0.39, 0.29) is 5.56 Å². The maximum absolute atomic E-state index is 11.4. The van der Waals surface area contributed by atoms with Gasteiger partial charge in [0.2, 0.25) is 0 Å². The van der Waals surface area contributed by atoms with Gasteiger partial charge < -0.3 is 4.79 Å². The number of rotatable bonds is 3. The lowest BCUT2D eigenvalue weighted by atomic mass is 10.4. The van der Waals surface area contributed by atoms with E-state index in [1.807, 2.05) is 0 Å². The molecule has 13 heavy (non-hydrogen) atoms. The van der Waals surface area contributed by atoms with Gasteiger partial charge in [0, 0.05) is 24.7 Å². The molecule has 0 saturated heterocycles. The highest BCUT2D eigenvalue weighted by atomic mass is 16.1. The van der Waals surface area contributed by atoms with Crippen LogP contribution in [0, 0.1) is 13.8 Å². The Morgan fingerprint density at radius 1 is 1.54 bits per heavy atom. The highest BCUT2D eigenvalue weighted by molar-refractivity contribution is 5.48. The van der Waals surface area contributed by atoms with Gasteiger partial charge in [0.15, 0.2) is 0 Å². The van der Waals surface area contributed by atoms with Crippen molar-refractivity contribution < 1.29 is 4.79 Å². The molecule has 0 amide bonds. The summed E-state index contributed by atoms with van der Waals surface area (Å²) < 4.78 is 1.50. The van der Waals surface area contributed by atoms with Gasteiger partial charge in [-0.05, 0) is 13.8 Å². The first-order valence-electron chi connectivity index (χ1n) is 4.14. The van der Waals surface area contributed by atoms with Crippen LogP contribution in [0.1, 0.15) is 17.9 Å². The second-order valence-electron chi connectivity index (χ2n) is 2.89. The van der Waals surface area contributed by atoms with E-state index in [0.29, 0.717) is 24.5 Å².